The summed E-state index contributed by atoms with van der Waals surface area (Å²) in [6.45, 7) is 1.91. The van der Waals surface area contributed by atoms with Gasteiger partial charge in [-0.2, -0.15) is 0 Å². The molecule has 0 saturated carbocycles. The summed E-state index contributed by atoms with van der Waals surface area (Å²) in [6, 6.07) is 6.01. The van der Waals surface area contributed by atoms with Crippen LogP contribution in [0.15, 0.2) is 24.3 Å². The number of ether oxygens (including phenoxy) is 1. The Morgan fingerprint density at radius 2 is 2.25 bits per heavy atom. The molecule has 88 valence electrons. The second-order valence-corrected chi connectivity index (χ2v) is 3.30. The number of rotatable bonds is 5. The predicted molar refractivity (Wildman–Crippen MR) is 59.4 cm³/mol. The zero-order valence-corrected chi connectivity index (χ0v) is 9.42. The van der Waals surface area contributed by atoms with Crippen molar-refractivity contribution in [3.05, 3.63) is 30.1 Å². The Labute approximate surface area is 97.7 Å². The van der Waals surface area contributed by atoms with Crippen molar-refractivity contribution in [1.29, 1.82) is 0 Å². The topological polar surface area (TPSA) is 50.4 Å². The third-order valence-electron chi connectivity index (χ3n) is 1.70. The Morgan fingerprint density at radius 1 is 1.56 bits per heavy atom. The van der Waals surface area contributed by atoms with Crippen molar-refractivity contribution in [2.45, 2.75) is 12.4 Å². The second kappa shape index (κ2) is 6.30. The Hall–Kier alpha value is -1.33. The summed E-state index contributed by atoms with van der Waals surface area (Å²) in [4.78, 5) is 11.1. The second-order valence-electron chi connectivity index (χ2n) is 2.86. The van der Waals surface area contributed by atoms with E-state index < -0.39 is 17.3 Å². The highest BCUT2D eigenvalue weighted by Crippen LogP contribution is 2.11. The third-order valence-corrected chi connectivity index (χ3v) is 1.99. The lowest BCUT2D eigenvalue weighted by atomic mass is 10.3. The molecule has 0 aliphatic heterocycles. The molecule has 0 radical (unpaired) electrons. The van der Waals surface area contributed by atoms with E-state index >= 15 is 0 Å². The van der Waals surface area contributed by atoms with Gasteiger partial charge in [0.05, 0.1) is 12.3 Å². The van der Waals surface area contributed by atoms with Crippen molar-refractivity contribution >= 4 is 23.3 Å². The van der Waals surface area contributed by atoms with Gasteiger partial charge in [0.1, 0.15) is 5.82 Å². The zero-order chi connectivity index (χ0) is 12.0. The van der Waals surface area contributed by atoms with Gasteiger partial charge >= 0.3 is 5.97 Å². The van der Waals surface area contributed by atoms with E-state index in [1.54, 1.807) is 19.1 Å². The number of alkyl halides is 1. The standard InChI is InChI=1S/C10H12ClFN2O2/c1-2-16-10(15)9(11)14-13-8-6-4-3-5-7(8)12/h3-6,9,13-14H,2H2,1H3. The van der Waals surface area contributed by atoms with Gasteiger partial charge < -0.3 is 10.2 Å². The highest BCUT2D eigenvalue weighted by atomic mass is 35.5. The first-order valence-corrected chi connectivity index (χ1v) is 5.15. The number of carbonyl (C=O) groups is 1. The van der Waals surface area contributed by atoms with Crippen LogP contribution in [-0.4, -0.2) is 18.1 Å². The molecular weight excluding hydrogens is 235 g/mol. The number of hydrogen-bond donors (Lipinski definition) is 2. The van der Waals surface area contributed by atoms with Crippen LogP contribution in [0.25, 0.3) is 0 Å². The third kappa shape index (κ3) is 3.67. The van der Waals surface area contributed by atoms with Crippen molar-refractivity contribution < 1.29 is 13.9 Å². The first kappa shape index (κ1) is 12.7. The molecule has 1 aromatic rings. The zero-order valence-electron chi connectivity index (χ0n) is 8.67. The maximum absolute atomic E-state index is 13.1. The van der Waals surface area contributed by atoms with Crippen molar-refractivity contribution in [2.75, 3.05) is 12.0 Å². The summed E-state index contributed by atoms with van der Waals surface area (Å²) < 4.78 is 17.8. The predicted octanol–water partition coefficient (Wildman–Crippen LogP) is 1.87. The summed E-state index contributed by atoms with van der Waals surface area (Å²) in [5, 5.41) is 0. The molecule has 0 aliphatic carbocycles. The number of esters is 1. The van der Waals surface area contributed by atoms with E-state index in [-0.39, 0.29) is 12.3 Å². The lowest BCUT2D eigenvalue weighted by molar-refractivity contribution is -0.143. The van der Waals surface area contributed by atoms with Gasteiger partial charge in [0, 0.05) is 0 Å². The number of halogens is 2. The van der Waals surface area contributed by atoms with Crippen LogP contribution in [0.5, 0.6) is 0 Å². The summed E-state index contributed by atoms with van der Waals surface area (Å²) in [6.07, 6.45) is 0. The Morgan fingerprint density at radius 3 is 2.88 bits per heavy atom. The molecule has 0 aromatic heterocycles. The summed E-state index contributed by atoms with van der Waals surface area (Å²) in [7, 11) is 0. The number of nitrogens with one attached hydrogen (secondary N) is 2. The molecule has 0 amide bonds. The van der Waals surface area contributed by atoms with Gasteiger partial charge in [0.2, 0.25) is 0 Å². The smallest absolute Gasteiger partial charge is 0.340 e. The normalized spacial score (nSPS) is 11.9. The van der Waals surface area contributed by atoms with Crippen LogP contribution in [0.2, 0.25) is 0 Å². The number of para-hydroxylation sites is 1. The Bertz CT molecular complexity index is 362. The van der Waals surface area contributed by atoms with Gasteiger partial charge in [-0.3, -0.25) is 0 Å². The molecule has 1 unspecified atom stereocenters. The van der Waals surface area contributed by atoms with Crippen LogP contribution in [-0.2, 0) is 9.53 Å². The largest absolute Gasteiger partial charge is 0.464 e. The number of hydrazine groups is 1. The highest BCUT2D eigenvalue weighted by Gasteiger charge is 2.15. The van der Waals surface area contributed by atoms with Gasteiger partial charge in [0.15, 0.2) is 5.50 Å². The quantitative estimate of drug-likeness (QED) is 0.360. The number of benzene rings is 1. The molecule has 0 spiro atoms. The average molecular weight is 247 g/mol. The van der Waals surface area contributed by atoms with Crippen LogP contribution in [0.4, 0.5) is 10.1 Å². The maximum Gasteiger partial charge on any atom is 0.340 e. The van der Waals surface area contributed by atoms with Gasteiger partial charge in [-0.1, -0.05) is 23.7 Å². The van der Waals surface area contributed by atoms with E-state index in [9.17, 15) is 9.18 Å². The van der Waals surface area contributed by atoms with Gasteiger partial charge in [-0.15, -0.1) is 0 Å². The molecule has 1 aromatic carbocycles. The van der Waals surface area contributed by atoms with E-state index in [2.05, 4.69) is 15.6 Å². The molecule has 0 heterocycles. The summed E-state index contributed by atoms with van der Waals surface area (Å²) >= 11 is 5.64. The molecule has 2 N–H and O–H groups in total. The minimum absolute atomic E-state index is 0.206. The van der Waals surface area contributed by atoms with Crippen LogP contribution >= 0.6 is 11.6 Å². The van der Waals surface area contributed by atoms with Crippen molar-refractivity contribution in [1.82, 2.24) is 5.43 Å². The van der Waals surface area contributed by atoms with Crippen LogP contribution in [0, 0.1) is 5.82 Å². The first-order valence-electron chi connectivity index (χ1n) is 4.72. The Kier molecular flexibility index (Phi) is 5.01. The van der Waals surface area contributed by atoms with Crippen molar-refractivity contribution in [2.24, 2.45) is 0 Å². The average Bonchev–Trinajstić information content (AvgIpc) is 2.28. The molecule has 1 atom stereocenters. The highest BCUT2D eigenvalue weighted by molar-refractivity contribution is 6.29. The van der Waals surface area contributed by atoms with Gasteiger partial charge in [0.25, 0.3) is 0 Å². The van der Waals surface area contributed by atoms with Crippen LogP contribution in [0.3, 0.4) is 0 Å². The molecule has 1 rings (SSSR count). The molecule has 0 fully saturated rings. The van der Waals surface area contributed by atoms with E-state index in [4.69, 9.17) is 11.6 Å². The SMILES string of the molecule is CCOC(=O)C(Cl)NNc1ccccc1F. The monoisotopic (exact) mass is 246 g/mol. The first-order chi connectivity index (χ1) is 7.65. The summed E-state index contributed by atoms with van der Waals surface area (Å²) in [5.74, 6) is -1.06. The van der Waals surface area contributed by atoms with Crippen LogP contribution < -0.4 is 10.9 Å². The lowest BCUT2D eigenvalue weighted by Crippen LogP contribution is -2.37. The maximum atomic E-state index is 13.1. The van der Waals surface area contributed by atoms with Crippen LogP contribution in [0.1, 0.15) is 6.92 Å². The molecule has 0 bridgehead atoms. The number of carbonyl (C=O) groups excluding carboxylic acids is 1. The fourth-order valence-electron chi connectivity index (χ4n) is 0.978. The van der Waals surface area contributed by atoms with Crippen molar-refractivity contribution in [3.63, 3.8) is 0 Å². The van der Waals surface area contributed by atoms with Crippen molar-refractivity contribution in [3.8, 4) is 0 Å². The van der Waals surface area contributed by atoms with Gasteiger partial charge in [-0.25, -0.2) is 14.6 Å². The molecule has 6 heteroatoms. The minimum Gasteiger partial charge on any atom is -0.464 e. The number of anilines is 1. The van der Waals surface area contributed by atoms with E-state index in [1.807, 2.05) is 0 Å². The molecule has 0 aliphatic rings. The number of hydrogen-bond acceptors (Lipinski definition) is 4. The molecular formula is C10H12ClFN2O2. The molecule has 16 heavy (non-hydrogen) atoms. The summed E-state index contributed by atoms with van der Waals surface area (Å²) in [5.41, 5.74) is 4.06. The van der Waals surface area contributed by atoms with E-state index in [0.717, 1.165) is 0 Å². The minimum atomic E-state index is -1.07. The molecule has 4 nitrogen and oxygen atoms in total. The lowest BCUT2D eigenvalue weighted by Gasteiger charge is -2.13. The van der Waals surface area contributed by atoms with E-state index in [1.165, 1.54) is 12.1 Å². The fourth-order valence-corrected chi connectivity index (χ4v) is 1.10. The molecule has 0 saturated heterocycles. The van der Waals surface area contributed by atoms with Gasteiger partial charge in [-0.05, 0) is 19.1 Å². The fraction of sp³-hybridized carbons (Fsp3) is 0.300. The van der Waals surface area contributed by atoms with E-state index in [0.29, 0.717) is 0 Å². The Balaban J connectivity index is 2.46.